The van der Waals surface area contributed by atoms with Gasteiger partial charge in [-0.3, -0.25) is 9.59 Å². The van der Waals surface area contributed by atoms with Crippen LogP contribution in [0.3, 0.4) is 0 Å². The van der Waals surface area contributed by atoms with Crippen LogP contribution >= 0.6 is 15.9 Å². The van der Waals surface area contributed by atoms with Gasteiger partial charge in [-0.05, 0) is 23.8 Å². The van der Waals surface area contributed by atoms with Gasteiger partial charge in [0.1, 0.15) is 0 Å². The zero-order chi connectivity index (χ0) is 11.0. The third-order valence-corrected chi connectivity index (χ3v) is 2.84. The second-order valence-corrected chi connectivity index (χ2v) is 4.29. The summed E-state index contributed by atoms with van der Waals surface area (Å²) in [4.78, 5) is 22.2. The first kappa shape index (κ1) is 10.2. The van der Waals surface area contributed by atoms with Gasteiger partial charge >= 0.3 is 5.97 Å². The number of carbonyl (C=O) groups is 2. The van der Waals surface area contributed by atoms with Crippen LogP contribution in [0.15, 0.2) is 22.7 Å². The van der Waals surface area contributed by atoms with E-state index in [-0.39, 0.29) is 12.3 Å². The Bertz CT molecular complexity index is 444. The fourth-order valence-corrected chi connectivity index (χ4v) is 2.03. The normalized spacial score (nSPS) is 19.3. The number of hydrogen-bond donors (Lipinski definition) is 2. The number of rotatable bonds is 1. The van der Waals surface area contributed by atoms with Crippen molar-refractivity contribution in [1.29, 1.82) is 0 Å². The molecule has 1 aromatic carbocycles. The molecular weight excluding hydrogens is 262 g/mol. The van der Waals surface area contributed by atoms with E-state index < -0.39 is 11.9 Å². The van der Waals surface area contributed by atoms with Crippen molar-refractivity contribution in [3.8, 4) is 0 Å². The lowest BCUT2D eigenvalue weighted by Crippen LogP contribution is -2.27. The van der Waals surface area contributed by atoms with Gasteiger partial charge in [0.25, 0.3) is 0 Å². The summed E-state index contributed by atoms with van der Waals surface area (Å²) in [7, 11) is 0. The van der Waals surface area contributed by atoms with Crippen LogP contribution in [0.5, 0.6) is 0 Å². The van der Waals surface area contributed by atoms with E-state index in [4.69, 9.17) is 5.11 Å². The molecule has 0 saturated carbocycles. The molecule has 1 atom stereocenters. The standard InChI is InChI=1S/C10H8BrNO3/c11-5-1-2-8-6(3-5)7(10(14)15)4-9(13)12-8/h1-3,7H,4H2,(H,12,13)(H,14,15). The molecule has 2 N–H and O–H groups in total. The van der Waals surface area contributed by atoms with Gasteiger partial charge in [-0.25, -0.2) is 0 Å². The van der Waals surface area contributed by atoms with Gasteiger partial charge in [0, 0.05) is 16.6 Å². The lowest BCUT2D eigenvalue weighted by molar-refractivity contribution is -0.140. The molecule has 0 radical (unpaired) electrons. The second kappa shape index (κ2) is 3.66. The Morgan fingerprint density at radius 2 is 2.27 bits per heavy atom. The van der Waals surface area contributed by atoms with Crippen molar-refractivity contribution in [2.75, 3.05) is 5.32 Å². The van der Waals surface area contributed by atoms with E-state index in [1.807, 2.05) is 0 Å². The molecule has 15 heavy (non-hydrogen) atoms. The van der Waals surface area contributed by atoms with E-state index in [1.54, 1.807) is 18.2 Å². The minimum Gasteiger partial charge on any atom is -0.481 e. The zero-order valence-electron chi connectivity index (χ0n) is 7.66. The summed E-state index contributed by atoms with van der Waals surface area (Å²) in [6.45, 7) is 0. The Morgan fingerprint density at radius 1 is 1.53 bits per heavy atom. The average molecular weight is 270 g/mol. The largest absolute Gasteiger partial charge is 0.481 e. The summed E-state index contributed by atoms with van der Waals surface area (Å²) < 4.78 is 0.809. The van der Waals surface area contributed by atoms with Crippen molar-refractivity contribution in [2.24, 2.45) is 0 Å². The van der Waals surface area contributed by atoms with Crippen LogP contribution in [0.2, 0.25) is 0 Å². The molecular formula is C10H8BrNO3. The molecule has 0 bridgehead atoms. The smallest absolute Gasteiger partial charge is 0.311 e. The summed E-state index contributed by atoms with van der Waals surface area (Å²) in [5, 5.41) is 11.6. The molecule has 78 valence electrons. The van der Waals surface area contributed by atoms with Gasteiger partial charge in [-0.2, -0.15) is 0 Å². The van der Waals surface area contributed by atoms with Crippen molar-refractivity contribution < 1.29 is 14.7 Å². The lowest BCUT2D eigenvalue weighted by atomic mass is 9.91. The molecule has 1 aromatic rings. The molecule has 1 heterocycles. The number of aliphatic carboxylic acids is 1. The fraction of sp³-hybridized carbons (Fsp3) is 0.200. The number of hydrogen-bond acceptors (Lipinski definition) is 2. The molecule has 1 aliphatic rings. The summed E-state index contributed by atoms with van der Waals surface area (Å²) >= 11 is 3.28. The van der Waals surface area contributed by atoms with Crippen molar-refractivity contribution >= 4 is 33.5 Å². The third-order valence-electron chi connectivity index (χ3n) is 2.35. The Balaban J connectivity index is 2.52. The summed E-state index contributed by atoms with van der Waals surface area (Å²) in [6.07, 6.45) is -0.00120. The maximum Gasteiger partial charge on any atom is 0.311 e. The number of nitrogens with one attached hydrogen (secondary N) is 1. The van der Waals surface area contributed by atoms with E-state index in [0.29, 0.717) is 11.3 Å². The summed E-state index contributed by atoms with van der Waals surface area (Å²) in [5.41, 5.74) is 1.23. The predicted octanol–water partition coefficient (Wildman–Crippen LogP) is 1.96. The maximum atomic E-state index is 11.2. The maximum absolute atomic E-state index is 11.2. The van der Waals surface area contributed by atoms with Crippen molar-refractivity contribution in [2.45, 2.75) is 12.3 Å². The first-order chi connectivity index (χ1) is 7.08. The van der Waals surface area contributed by atoms with Gasteiger partial charge in [-0.15, -0.1) is 0 Å². The summed E-state index contributed by atoms with van der Waals surface area (Å²) in [5.74, 6) is -1.97. The molecule has 5 heteroatoms. The van der Waals surface area contributed by atoms with E-state index in [1.165, 1.54) is 0 Å². The lowest BCUT2D eigenvalue weighted by Gasteiger charge is -2.22. The Morgan fingerprint density at radius 3 is 2.93 bits per heavy atom. The molecule has 0 aliphatic carbocycles. The molecule has 0 saturated heterocycles. The molecule has 2 rings (SSSR count). The van der Waals surface area contributed by atoms with Gasteiger partial charge in [-0.1, -0.05) is 15.9 Å². The van der Waals surface area contributed by atoms with E-state index >= 15 is 0 Å². The molecule has 1 aliphatic heterocycles. The Labute approximate surface area is 94.4 Å². The highest BCUT2D eigenvalue weighted by molar-refractivity contribution is 9.10. The highest BCUT2D eigenvalue weighted by Crippen LogP contribution is 2.34. The van der Waals surface area contributed by atoms with E-state index in [9.17, 15) is 9.59 Å². The van der Waals surface area contributed by atoms with Crippen LogP contribution in [0.4, 0.5) is 5.69 Å². The van der Waals surface area contributed by atoms with Crippen LogP contribution in [0, 0.1) is 0 Å². The second-order valence-electron chi connectivity index (χ2n) is 3.37. The number of amides is 1. The van der Waals surface area contributed by atoms with E-state index in [2.05, 4.69) is 21.2 Å². The van der Waals surface area contributed by atoms with Crippen LogP contribution in [0.1, 0.15) is 17.9 Å². The molecule has 0 fully saturated rings. The third kappa shape index (κ3) is 1.87. The van der Waals surface area contributed by atoms with Crippen LogP contribution < -0.4 is 5.32 Å². The molecule has 0 spiro atoms. The monoisotopic (exact) mass is 269 g/mol. The number of halogens is 1. The van der Waals surface area contributed by atoms with Crippen LogP contribution in [-0.4, -0.2) is 17.0 Å². The highest BCUT2D eigenvalue weighted by Gasteiger charge is 2.30. The van der Waals surface area contributed by atoms with Gasteiger partial charge in [0.05, 0.1) is 5.92 Å². The minimum absolute atomic E-state index is 0.00120. The van der Waals surface area contributed by atoms with Gasteiger partial charge < -0.3 is 10.4 Å². The molecule has 0 aromatic heterocycles. The predicted molar refractivity (Wildman–Crippen MR) is 57.8 cm³/mol. The number of carbonyl (C=O) groups excluding carboxylic acids is 1. The van der Waals surface area contributed by atoms with Crippen LogP contribution in [0.25, 0.3) is 0 Å². The Kier molecular flexibility index (Phi) is 2.48. The molecule has 1 amide bonds. The molecule has 1 unspecified atom stereocenters. The number of fused-ring (bicyclic) bond motifs is 1. The molecule has 4 nitrogen and oxygen atoms in total. The van der Waals surface area contributed by atoms with Crippen molar-refractivity contribution in [3.05, 3.63) is 28.2 Å². The number of carboxylic acids is 1. The first-order valence-electron chi connectivity index (χ1n) is 4.40. The average Bonchev–Trinajstić information content (AvgIpc) is 2.17. The zero-order valence-corrected chi connectivity index (χ0v) is 9.24. The van der Waals surface area contributed by atoms with Crippen molar-refractivity contribution in [1.82, 2.24) is 0 Å². The summed E-state index contributed by atoms with van der Waals surface area (Å²) in [6, 6.07) is 5.20. The quantitative estimate of drug-likeness (QED) is 0.819. The van der Waals surface area contributed by atoms with Crippen LogP contribution in [-0.2, 0) is 9.59 Å². The topological polar surface area (TPSA) is 66.4 Å². The fourth-order valence-electron chi connectivity index (χ4n) is 1.65. The number of anilines is 1. The Hall–Kier alpha value is -1.36. The van der Waals surface area contributed by atoms with Crippen molar-refractivity contribution in [3.63, 3.8) is 0 Å². The SMILES string of the molecule is O=C1CC(C(=O)O)c2cc(Br)ccc2N1. The number of carboxylic acid groups (broad SMARTS) is 1. The number of benzene rings is 1. The van der Waals surface area contributed by atoms with Gasteiger partial charge in [0.2, 0.25) is 5.91 Å². The van der Waals surface area contributed by atoms with Gasteiger partial charge in [0.15, 0.2) is 0 Å². The minimum atomic E-state index is -0.968. The highest BCUT2D eigenvalue weighted by atomic mass is 79.9. The first-order valence-corrected chi connectivity index (χ1v) is 5.19. The van der Waals surface area contributed by atoms with E-state index in [0.717, 1.165) is 4.47 Å².